The third-order valence-corrected chi connectivity index (χ3v) is 2.98. The van der Waals surface area contributed by atoms with E-state index in [9.17, 15) is 4.79 Å². The fraction of sp³-hybridized carbons (Fsp3) is 0.0769. The molecule has 2 aromatic rings. The number of rotatable bonds is 2. The van der Waals surface area contributed by atoms with Gasteiger partial charge in [0.25, 0.3) is 0 Å². The number of aromatic nitrogens is 1. The Morgan fingerprint density at radius 2 is 2.18 bits per heavy atom. The van der Waals surface area contributed by atoms with Gasteiger partial charge in [-0.05, 0) is 42.3 Å². The average molecular weight is 291 g/mol. The molecule has 1 aromatic heterocycles. The summed E-state index contributed by atoms with van der Waals surface area (Å²) in [4.78, 5) is 15.2. The second-order valence-corrected chi connectivity index (χ2v) is 4.67. The topological polar surface area (TPSA) is 56.0 Å². The number of carbonyl (C=O) groups is 1. The minimum atomic E-state index is -0.442. The summed E-state index contributed by atoms with van der Waals surface area (Å²) in [5.74, 6) is -0.442. The molecule has 0 aliphatic rings. The van der Waals surface area contributed by atoms with E-state index in [4.69, 9.17) is 5.73 Å². The van der Waals surface area contributed by atoms with Crippen LogP contribution < -0.4 is 5.73 Å². The van der Waals surface area contributed by atoms with E-state index in [0.717, 1.165) is 26.5 Å². The third-order valence-electron chi connectivity index (χ3n) is 2.49. The van der Waals surface area contributed by atoms with Crippen molar-refractivity contribution in [3.8, 4) is 0 Å². The van der Waals surface area contributed by atoms with Crippen molar-refractivity contribution in [2.45, 2.75) is 6.92 Å². The van der Waals surface area contributed by atoms with Gasteiger partial charge in [-0.2, -0.15) is 0 Å². The highest BCUT2D eigenvalue weighted by molar-refractivity contribution is 9.10. The van der Waals surface area contributed by atoms with Gasteiger partial charge in [0.1, 0.15) is 0 Å². The van der Waals surface area contributed by atoms with E-state index in [0.29, 0.717) is 0 Å². The molecule has 1 aromatic carbocycles. The molecule has 4 heteroatoms. The molecule has 2 rings (SSSR count). The maximum atomic E-state index is 10.9. The maximum absolute atomic E-state index is 10.9. The number of fused-ring (bicyclic) bond motifs is 1. The number of carbonyl (C=O) groups excluding carboxylic acids is 1. The first kappa shape index (κ1) is 11.8. The van der Waals surface area contributed by atoms with Crippen LogP contribution in [0.15, 0.2) is 41.0 Å². The summed E-state index contributed by atoms with van der Waals surface area (Å²) in [6.45, 7) is 1.86. The van der Waals surface area contributed by atoms with Gasteiger partial charge >= 0.3 is 0 Å². The minimum Gasteiger partial charge on any atom is -0.366 e. The maximum Gasteiger partial charge on any atom is 0.241 e. The molecule has 0 aliphatic heterocycles. The van der Waals surface area contributed by atoms with E-state index in [1.165, 1.54) is 6.08 Å². The molecule has 0 bridgehead atoms. The summed E-state index contributed by atoms with van der Waals surface area (Å²) < 4.78 is 0.978. The number of hydrogen-bond donors (Lipinski definition) is 1. The van der Waals surface area contributed by atoms with Crippen LogP contribution in [0, 0.1) is 0 Å². The second-order valence-electron chi connectivity index (χ2n) is 3.75. The molecule has 0 unspecified atom stereocenters. The van der Waals surface area contributed by atoms with Crippen LogP contribution in [-0.4, -0.2) is 10.9 Å². The van der Waals surface area contributed by atoms with E-state index < -0.39 is 5.91 Å². The first-order chi connectivity index (χ1) is 8.08. The average Bonchev–Trinajstić information content (AvgIpc) is 2.27. The Morgan fingerprint density at radius 1 is 1.41 bits per heavy atom. The van der Waals surface area contributed by atoms with Gasteiger partial charge in [-0.1, -0.05) is 15.9 Å². The second kappa shape index (κ2) is 4.67. The fourth-order valence-electron chi connectivity index (χ4n) is 1.75. The molecule has 1 amide bonds. The molecule has 3 nitrogen and oxygen atoms in total. The van der Waals surface area contributed by atoms with Crippen molar-refractivity contribution >= 4 is 38.3 Å². The largest absolute Gasteiger partial charge is 0.366 e. The molecular formula is C13H11BrN2O. The smallest absolute Gasteiger partial charge is 0.241 e. The SMILES string of the molecule is C/C(=C\C(N)=O)c1ccnc2ccc(Br)cc12. The zero-order valence-electron chi connectivity index (χ0n) is 9.27. The standard InChI is InChI=1S/C13H11BrN2O/c1-8(6-13(15)17)10-4-5-16-12-3-2-9(14)7-11(10)12/h2-7H,1H3,(H2,15,17)/b8-6+. The van der Waals surface area contributed by atoms with Crippen molar-refractivity contribution in [1.29, 1.82) is 0 Å². The van der Waals surface area contributed by atoms with Crippen LogP contribution in [0.5, 0.6) is 0 Å². The van der Waals surface area contributed by atoms with Crippen LogP contribution in [-0.2, 0) is 4.79 Å². The van der Waals surface area contributed by atoms with E-state index in [2.05, 4.69) is 20.9 Å². The Labute approximate surface area is 107 Å². The summed E-state index contributed by atoms with van der Waals surface area (Å²) in [5.41, 5.74) is 7.86. The van der Waals surface area contributed by atoms with E-state index in [1.54, 1.807) is 6.20 Å². The zero-order valence-corrected chi connectivity index (χ0v) is 10.9. The Hall–Kier alpha value is -1.68. The van der Waals surface area contributed by atoms with Gasteiger partial charge in [0, 0.05) is 22.1 Å². The molecule has 0 radical (unpaired) electrons. The number of hydrogen-bond acceptors (Lipinski definition) is 2. The number of halogens is 1. The van der Waals surface area contributed by atoms with Crippen LogP contribution in [0.2, 0.25) is 0 Å². The van der Waals surface area contributed by atoms with Gasteiger partial charge in [-0.25, -0.2) is 0 Å². The number of nitrogens with zero attached hydrogens (tertiary/aromatic N) is 1. The number of allylic oxidation sites excluding steroid dienone is 1. The normalized spacial score (nSPS) is 11.8. The van der Waals surface area contributed by atoms with Crippen LogP contribution in [0.1, 0.15) is 12.5 Å². The lowest BCUT2D eigenvalue weighted by Gasteiger charge is -2.06. The van der Waals surface area contributed by atoms with Gasteiger partial charge in [0.05, 0.1) is 5.52 Å². The number of nitrogens with two attached hydrogens (primary N) is 1. The molecule has 2 N–H and O–H groups in total. The Bertz CT molecular complexity index is 620. The molecule has 17 heavy (non-hydrogen) atoms. The molecule has 0 spiro atoms. The number of pyridine rings is 1. The fourth-order valence-corrected chi connectivity index (χ4v) is 2.11. The number of benzene rings is 1. The van der Waals surface area contributed by atoms with Crippen LogP contribution in [0.3, 0.4) is 0 Å². The van der Waals surface area contributed by atoms with Crippen molar-refractivity contribution < 1.29 is 4.79 Å². The van der Waals surface area contributed by atoms with E-state index in [1.807, 2.05) is 31.2 Å². The van der Waals surface area contributed by atoms with Crippen LogP contribution in [0.4, 0.5) is 0 Å². The molecule has 0 atom stereocenters. The summed E-state index contributed by atoms with van der Waals surface area (Å²) in [6, 6.07) is 7.73. The monoisotopic (exact) mass is 290 g/mol. The van der Waals surface area contributed by atoms with E-state index in [-0.39, 0.29) is 0 Å². The lowest BCUT2D eigenvalue weighted by molar-refractivity contribution is -0.113. The quantitative estimate of drug-likeness (QED) is 0.865. The highest BCUT2D eigenvalue weighted by Crippen LogP contribution is 2.26. The molecule has 0 saturated carbocycles. The summed E-state index contributed by atoms with van der Waals surface area (Å²) in [7, 11) is 0. The van der Waals surface area contributed by atoms with Crippen molar-refractivity contribution in [2.75, 3.05) is 0 Å². The Kier molecular flexibility index (Phi) is 3.24. The van der Waals surface area contributed by atoms with Gasteiger partial charge in [0.2, 0.25) is 5.91 Å². The summed E-state index contributed by atoms with van der Waals surface area (Å²) in [5, 5.41) is 0.997. The lowest BCUT2D eigenvalue weighted by Crippen LogP contribution is -2.06. The number of primary amides is 1. The predicted molar refractivity (Wildman–Crippen MR) is 72.3 cm³/mol. The van der Waals surface area contributed by atoms with Gasteiger partial charge in [-0.3, -0.25) is 9.78 Å². The van der Waals surface area contributed by atoms with Crippen molar-refractivity contribution in [1.82, 2.24) is 4.98 Å². The van der Waals surface area contributed by atoms with Crippen molar-refractivity contribution in [3.05, 3.63) is 46.6 Å². The third kappa shape index (κ3) is 2.53. The Balaban J connectivity index is 2.69. The van der Waals surface area contributed by atoms with Crippen molar-refractivity contribution in [2.24, 2.45) is 5.73 Å². The van der Waals surface area contributed by atoms with Crippen molar-refractivity contribution in [3.63, 3.8) is 0 Å². The molecule has 0 aliphatic carbocycles. The lowest BCUT2D eigenvalue weighted by atomic mass is 10.0. The van der Waals surface area contributed by atoms with Crippen LogP contribution >= 0.6 is 15.9 Å². The summed E-state index contributed by atoms with van der Waals surface area (Å²) in [6.07, 6.45) is 3.15. The van der Waals surface area contributed by atoms with Gasteiger partial charge in [0.15, 0.2) is 0 Å². The first-order valence-corrected chi connectivity index (χ1v) is 5.89. The first-order valence-electron chi connectivity index (χ1n) is 5.10. The van der Waals surface area contributed by atoms with Gasteiger partial charge in [-0.15, -0.1) is 0 Å². The minimum absolute atomic E-state index is 0.442. The van der Waals surface area contributed by atoms with Gasteiger partial charge < -0.3 is 5.73 Å². The highest BCUT2D eigenvalue weighted by Gasteiger charge is 2.05. The molecule has 1 heterocycles. The molecular weight excluding hydrogens is 280 g/mol. The molecule has 0 saturated heterocycles. The summed E-state index contributed by atoms with van der Waals surface area (Å²) >= 11 is 3.43. The molecule has 86 valence electrons. The zero-order chi connectivity index (χ0) is 12.4. The predicted octanol–water partition coefficient (Wildman–Crippen LogP) is 2.89. The Morgan fingerprint density at radius 3 is 2.88 bits per heavy atom. The van der Waals surface area contributed by atoms with E-state index >= 15 is 0 Å². The molecule has 0 fully saturated rings. The number of amides is 1. The van der Waals surface area contributed by atoms with Crippen LogP contribution in [0.25, 0.3) is 16.5 Å². The highest BCUT2D eigenvalue weighted by atomic mass is 79.9.